The van der Waals surface area contributed by atoms with Crippen LogP contribution in [-0.4, -0.2) is 55.7 Å². The lowest BCUT2D eigenvalue weighted by Gasteiger charge is -2.36. The van der Waals surface area contributed by atoms with Crippen molar-refractivity contribution >= 4 is 21.9 Å². The number of fused-ring (bicyclic) bond motifs is 1. The molecule has 1 atom stereocenters. The second kappa shape index (κ2) is 8.20. The number of ether oxygens (including phenoxy) is 1. The minimum absolute atomic E-state index is 0.0241. The van der Waals surface area contributed by atoms with Crippen LogP contribution in [0.15, 0.2) is 53.4 Å². The normalized spacial score (nSPS) is 19.4. The van der Waals surface area contributed by atoms with E-state index in [1.807, 2.05) is 24.3 Å². The van der Waals surface area contributed by atoms with Crippen LogP contribution in [0, 0.1) is 0 Å². The van der Waals surface area contributed by atoms with Crippen LogP contribution in [0.2, 0.25) is 0 Å². The van der Waals surface area contributed by atoms with Gasteiger partial charge in [0.25, 0.3) is 0 Å². The summed E-state index contributed by atoms with van der Waals surface area (Å²) in [6.07, 6.45) is 2.20. The largest absolute Gasteiger partial charge is 0.465 e. The predicted molar refractivity (Wildman–Crippen MR) is 110 cm³/mol. The molecule has 0 radical (unpaired) electrons. The van der Waals surface area contributed by atoms with E-state index in [1.165, 1.54) is 35.7 Å². The van der Waals surface area contributed by atoms with Crippen molar-refractivity contribution in [2.45, 2.75) is 36.7 Å². The average molecular weight is 429 g/mol. The van der Waals surface area contributed by atoms with Crippen molar-refractivity contribution in [1.82, 2.24) is 9.21 Å². The van der Waals surface area contributed by atoms with E-state index in [9.17, 15) is 18.0 Å². The minimum Gasteiger partial charge on any atom is -0.465 e. The number of rotatable bonds is 4. The van der Waals surface area contributed by atoms with E-state index in [-0.39, 0.29) is 22.9 Å². The molecule has 158 valence electrons. The lowest BCUT2D eigenvalue weighted by molar-refractivity contribution is -0.134. The summed E-state index contributed by atoms with van der Waals surface area (Å²) in [5.74, 6) is -0.768. The Morgan fingerprint density at radius 3 is 2.40 bits per heavy atom. The van der Waals surface area contributed by atoms with Gasteiger partial charge in [-0.2, -0.15) is 4.31 Å². The van der Waals surface area contributed by atoms with Crippen LogP contribution >= 0.6 is 0 Å². The zero-order valence-electron chi connectivity index (χ0n) is 16.8. The Morgan fingerprint density at radius 2 is 1.70 bits per heavy atom. The van der Waals surface area contributed by atoms with Crippen molar-refractivity contribution in [3.05, 3.63) is 65.2 Å². The summed E-state index contributed by atoms with van der Waals surface area (Å²) in [5, 5.41) is 0. The molecule has 8 heteroatoms. The third-order valence-corrected chi connectivity index (χ3v) is 7.62. The lowest BCUT2D eigenvalue weighted by Crippen LogP contribution is -2.53. The highest BCUT2D eigenvalue weighted by molar-refractivity contribution is 7.89. The molecular formula is C22H24N2O5S. The second-order valence-electron chi connectivity index (χ2n) is 7.59. The number of sulfonamides is 1. The number of methoxy groups -OCH3 is 1. The number of nitrogens with zero attached hydrogens (tertiary/aromatic N) is 2. The van der Waals surface area contributed by atoms with Gasteiger partial charge in [-0.3, -0.25) is 4.79 Å². The summed E-state index contributed by atoms with van der Waals surface area (Å²) in [7, 11) is -2.77. The zero-order valence-corrected chi connectivity index (χ0v) is 17.6. The van der Waals surface area contributed by atoms with Crippen molar-refractivity contribution in [2.75, 3.05) is 20.2 Å². The molecule has 2 aliphatic heterocycles. The SMILES string of the molecule is COC(=O)c1cccc(S(=O)(=O)N2Cc3ccccc3C[C@@H]2C(=O)N2CCCC2)c1. The van der Waals surface area contributed by atoms with Crippen LogP contribution in [0.25, 0.3) is 0 Å². The number of amides is 1. The molecule has 1 saturated heterocycles. The van der Waals surface area contributed by atoms with Crippen LogP contribution in [0.1, 0.15) is 34.3 Å². The molecule has 30 heavy (non-hydrogen) atoms. The maximum atomic E-state index is 13.6. The fourth-order valence-electron chi connectivity index (χ4n) is 4.15. The van der Waals surface area contributed by atoms with Crippen molar-refractivity contribution < 1.29 is 22.7 Å². The first-order valence-electron chi connectivity index (χ1n) is 9.97. The molecule has 4 rings (SSSR count). The quantitative estimate of drug-likeness (QED) is 0.697. The maximum Gasteiger partial charge on any atom is 0.337 e. The van der Waals surface area contributed by atoms with Crippen molar-refractivity contribution in [2.24, 2.45) is 0 Å². The number of carbonyl (C=O) groups is 2. The minimum atomic E-state index is -4.01. The van der Waals surface area contributed by atoms with Gasteiger partial charge in [0.15, 0.2) is 0 Å². The molecule has 1 fully saturated rings. The lowest BCUT2D eigenvalue weighted by atomic mass is 9.95. The summed E-state index contributed by atoms with van der Waals surface area (Å²) in [5.41, 5.74) is 2.03. The van der Waals surface area contributed by atoms with Crippen LogP contribution in [0.4, 0.5) is 0 Å². The zero-order chi connectivity index (χ0) is 21.3. The standard InChI is InChI=1S/C22H24N2O5S/c1-29-22(26)17-9-6-10-19(13-17)30(27,28)24-15-18-8-3-2-7-16(18)14-20(24)21(25)23-11-4-5-12-23/h2-3,6-10,13,20H,4-5,11-12,14-15H2,1H3/t20-/m1/s1. The number of hydrogen-bond donors (Lipinski definition) is 0. The Balaban J connectivity index is 1.75. The average Bonchev–Trinajstić information content (AvgIpc) is 3.32. The molecule has 2 heterocycles. The van der Waals surface area contributed by atoms with Gasteiger partial charge in [-0.15, -0.1) is 0 Å². The van der Waals surface area contributed by atoms with Crippen molar-refractivity contribution in [3.63, 3.8) is 0 Å². The van der Waals surface area contributed by atoms with Gasteiger partial charge >= 0.3 is 5.97 Å². The van der Waals surface area contributed by atoms with Gasteiger partial charge in [-0.1, -0.05) is 30.3 Å². The van der Waals surface area contributed by atoms with E-state index >= 15 is 0 Å². The number of esters is 1. The summed E-state index contributed by atoms with van der Waals surface area (Å²) in [6, 6.07) is 12.6. The molecular weight excluding hydrogens is 404 g/mol. The molecule has 0 aliphatic carbocycles. The van der Waals surface area contributed by atoms with Gasteiger partial charge < -0.3 is 9.64 Å². The Labute approximate surface area is 176 Å². The van der Waals surface area contributed by atoms with Gasteiger partial charge in [0.05, 0.1) is 17.6 Å². The first kappa shape index (κ1) is 20.6. The van der Waals surface area contributed by atoms with E-state index < -0.39 is 22.0 Å². The molecule has 1 amide bonds. The molecule has 0 aromatic heterocycles. The molecule has 0 saturated carbocycles. The Hall–Kier alpha value is -2.71. The molecule has 0 N–H and O–H groups in total. The van der Waals surface area contributed by atoms with Gasteiger partial charge in [-0.05, 0) is 48.6 Å². The van der Waals surface area contributed by atoms with Gasteiger partial charge in [0, 0.05) is 19.6 Å². The first-order chi connectivity index (χ1) is 14.4. The highest BCUT2D eigenvalue weighted by Gasteiger charge is 2.41. The van der Waals surface area contributed by atoms with Crippen LogP contribution in [-0.2, 0) is 32.5 Å². The summed E-state index contributed by atoms with van der Waals surface area (Å²) >= 11 is 0. The number of likely N-dealkylation sites (tertiary alicyclic amines) is 1. The highest BCUT2D eigenvalue weighted by Crippen LogP contribution is 2.31. The fraction of sp³-hybridized carbons (Fsp3) is 0.364. The molecule has 7 nitrogen and oxygen atoms in total. The first-order valence-corrected chi connectivity index (χ1v) is 11.4. The predicted octanol–water partition coefficient (Wildman–Crippen LogP) is 2.21. The topological polar surface area (TPSA) is 84.0 Å². The molecule has 2 aromatic rings. The third kappa shape index (κ3) is 3.73. The summed E-state index contributed by atoms with van der Waals surface area (Å²) in [6.45, 7) is 1.43. The Bertz CT molecular complexity index is 1080. The molecule has 0 bridgehead atoms. The monoisotopic (exact) mass is 428 g/mol. The molecule has 0 spiro atoms. The van der Waals surface area contributed by atoms with Gasteiger partial charge in [-0.25, -0.2) is 13.2 Å². The van der Waals surface area contributed by atoms with Gasteiger partial charge in [0.2, 0.25) is 15.9 Å². The Morgan fingerprint density at radius 1 is 1.00 bits per heavy atom. The number of carbonyl (C=O) groups excluding carboxylic acids is 2. The second-order valence-corrected chi connectivity index (χ2v) is 9.48. The van der Waals surface area contributed by atoms with E-state index in [2.05, 4.69) is 0 Å². The van der Waals surface area contributed by atoms with Crippen LogP contribution in [0.3, 0.4) is 0 Å². The fourth-order valence-corrected chi connectivity index (χ4v) is 5.75. The Kier molecular flexibility index (Phi) is 5.62. The summed E-state index contributed by atoms with van der Waals surface area (Å²) < 4.78 is 33.2. The smallest absolute Gasteiger partial charge is 0.337 e. The van der Waals surface area contributed by atoms with E-state index in [0.29, 0.717) is 19.5 Å². The maximum absolute atomic E-state index is 13.6. The highest BCUT2D eigenvalue weighted by atomic mass is 32.2. The molecule has 0 unspecified atom stereocenters. The third-order valence-electron chi connectivity index (χ3n) is 5.77. The van der Waals surface area contributed by atoms with E-state index in [0.717, 1.165) is 24.0 Å². The van der Waals surface area contributed by atoms with E-state index in [1.54, 1.807) is 4.90 Å². The van der Waals surface area contributed by atoms with E-state index in [4.69, 9.17) is 4.74 Å². The number of hydrogen-bond acceptors (Lipinski definition) is 5. The van der Waals surface area contributed by atoms with Crippen LogP contribution < -0.4 is 0 Å². The van der Waals surface area contributed by atoms with Crippen LogP contribution in [0.5, 0.6) is 0 Å². The summed E-state index contributed by atoms with van der Waals surface area (Å²) in [4.78, 5) is 26.9. The molecule has 2 aromatic carbocycles. The van der Waals surface area contributed by atoms with Crippen molar-refractivity contribution in [1.29, 1.82) is 0 Å². The molecule has 2 aliphatic rings. The number of benzene rings is 2. The van der Waals surface area contributed by atoms with Gasteiger partial charge in [0.1, 0.15) is 6.04 Å². The van der Waals surface area contributed by atoms with Crippen molar-refractivity contribution in [3.8, 4) is 0 Å².